The van der Waals surface area contributed by atoms with Crippen molar-refractivity contribution in [1.82, 2.24) is 14.6 Å². The number of hydrogen-bond donors (Lipinski definition) is 2. The third kappa shape index (κ3) is 2.74. The Labute approximate surface area is 137 Å². The van der Waals surface area contributed by atoms with E-state index in [0.717, 1.165) is 47.9 Å². The summed E-state index contributed by atoms with van der Waals surface area (Å²) in [6.07, 6.45) is 9.54. The summed E-state index contributed by atoms with van der Waals surface area (Å²) in [7, 11) is 0. The zero-order chi connectivity index (χ0) is 16.0. The first kappa shape index (κ1) is 14.7. The molecule has 1 unspecified atom stereocenters. The van der Waals surface area contributed by atoms with E-state index in [9.17, 15) is 0 Å². The van der Waals surface area contributed by atoms with Gasteiger partial charge in [-0.2, -0.15) is 9.61 Å². The Kier molecular flexibility index (Phi) is 3.60. The molecule has 3 atom stereocenters. The maximum Gasteiger partial charge on any atom is 0.164 e. The summed E-state index contributed by atoms with van der Waals surface area (Å²) in [5, 5.41) is 8.15. The van der Waals surface area contributed by atoms with Gasteiger partial charge >= 0.3 is 0 Å². The van der Waals surface area contributed by atoms with Crippen molar-refractivity contribution in [2.24, 2.45) is 11.7 Å². The molecule has 0 aliphatic heterocycles. The number of anilines is 1. The normalized spacial score (nSPS) is 25.7. The molecule has 2 saturated carbocycles. The molecule has 2 aromatic heterocycles. The van der Waals surface area contributed by atoms with Gasteiger partial charge in [0.15, 0.2) is 5.65 Å². The molecule has 2 fully saturated rings. The number of nitrogens with zero attached hydrogens (tertiary/aromatic N) is 3. The van der Waals surface area contributed by atoms with Crippen molar-refractivity contribution in [1.29, 1.82) is 0 Å². The van der Waals surface area contributed by atoms with Gasteiger partial charge in [0.25, 0.3) is 0 Å². The molecule has 2 aliphatic carbocycles. The predicted octanol–water partition coefficient (Wildman–Crippen LogP) is 3.18. The van der Waals surface area contributed by atoms with Crippen LogP contribution in [0.15, 0.2) is 18.8 Å². The van der Waals surface area contributed by atoms with E-state index in [4.69, 9.17) is 10.7 Å². The first-order valence-electron chi connectivity index (χ1n) is 8.69. The molecule has 2 heterocycles. The average Bonchev–Trinajstić information content (AvgIpc) is 3.19. The van der Waals surface area contributed by atoms with Crippen LogP contribution in [0.1, 0.15) is 56.2 Å². The SMILES string of the molecule is C=Cc1cnn2c(N[C@H]3CC[C@H](N)C3)cc(C(C)C3CC3)nc12. The fraction of sp³-hybridized carbons (Fsp3) is 0.556. The summed E-state index contributed by atoms with van der Waals surface area (Å²) >= 11 is 0. The molecule has 0 saturated heterocycles. The molecule has 0 aromatic carbocycles. The van der Waals surface area contributed by atoms with E-state index in [-0.39, 0.29) is 0 Å². The molecule has 3 N–H and O–H groups in total. The second kappa shape index (κ2) is 5.64. The topological polar surface area (TPSA) is 68.2 Å². The molecule has 122 valence electrons. The van der Waals surface area contributed by atoms with Gasteiger partial charge in [-0.1, -0.05) is 19.6 Å². The Morgan fingerprint density at radius 1 is 1.39 bits per heavy atom. The first-order chi connectivity index (χ1) is 11.2. The van der Waals surface area contributed by atoms with Gasteiger partial charge in [-0.05, 0) is 38.0 Å². The molecule has 4 rings (SSSR count). The van der Waals surface area contributed by atoms with Crippen LogP contribution in [-0.4, -0.2) is 26.7 Å². The van der Waals surface area contributed by atoms with E-state index in [1.165, 1.54) is 12.8 Å². The molecule has 0 spiro atoms. The number of nitrogens with one attached hydrogen (secondary N) is 1. The Morgan fingerprint density at radius 3 is 2.87 bits per heavy atom. The van der Waals surface area contributed by atoms with Crippen LogP contribution in [0.2, 0.25) is 0 Å². The van der Waals surface area contributed by atoms with E-state index >= 15 is 0 Å². The molecule has 0 radical (unpaired) electrons. The fourth-order valence-corrected chi connectivity index (χ4v) is 3.67. The van der Waals surface area contributed by atoms with Crippen molar-refractivity contribution in [3.63, 3.8) is 0 Å². The summed E-state index contributed by atoms with van der Waals surface area (Å²) in [5.74, 6) is 2.32. The van der Waals surface area contributed by atoms with Gasteiger partial charge in [0.2, 0.25) is 0 Å². The monoisotopic (exact) mass is 311 g/mol. The summed E-state index contributed by atoms with van der Waals surface area (Å²) in [6.45, 7) is 6.18. The zero-order valence-corrected chi connectivity index (χ0v) is 13.7. The lowest BCUT2D eigenvalue weighted by Gasteiger charge is -2.18. The maximum absolute atomic E-state index is 6.06. The molecule has 5 heteroatoms. The Bertz CT molecular complexity index is 730. The summed E-state index contributed by atoms with van der Waals surface area (Å²) < 4.78 is 1.91. The van der Waals surface area contributed by atoms with Crippen molar-refractivity contribution in [3.05, 3.63) is 30.1 Å². The highest BCUT2D eigenvalue weighted by Gasteiger charge is 2.31. The Morgan fingerprint density at radius 2 is 2.22 bits per heavy atom. The van der Waals surface area contributed by atoms with Crippen molar-refractivity contribution in [2.45, 2.75) is 57.0 Å². The molecule has 5 nitrogen and oxygen atoms in total. The molecular weight excluding hydrogens is 286 g/mol. The zero-order valence-electron chi connectivity index (χ0n) is 13.7. The van der Waals surface area contributed by atoms with Gasteiger partial charge in [0.1, 0.15) is 5.82 Å². The average molecular weight is 311 g/mol. The van der Waals surface area contributed by atoms with Crippen LogP contribution in [0.25, 0.3) is 11.7 Å². The minimum Gasteiger partial charge on any atom is -0.367 e. The van der Waals surface area contributed by atoms with Crippen molar-refractivity contribution in [2.75, 3.05) is 5.32 Å². The van der Waals surface area contributed by atoms with E-state index < -0.39 is 0 Å². The lowest BCUT2D eigenvalue weighted by Crippen LogP contribution is -2.22. The number of rotatable bonds is 5. The fourth-order valence-electron chi connectivity index (χ4n) is 3.67. The smallest absolute Gasteiger partial charge is 0.164 e. The molecule has 0 amide bonds. The Balaban J connectivity index is 1.74. The number of aromatic nitrogens is 3. The van der Waals surface area contributed by atoms with E-state index in [1.807, 2.05) is 16.8 Å². The van der Waals surface area contributed by atoms with Crippen molar-refractivity contribution in [3.8, 4) is 0 Å². The molecular formula is C18H25N5. The summed E-state index contributed by atoms with van der Waals surface area (Å²) in [4.78, 5) is 4.88. The quantitative estimate of drug-likeness (QED) is 0.890. The van der Waals surface area contributed by atoms with Crippen LogP contribution in [-0.2, 0) is 0 Å². The summed E-state index contributed by atoms with van der Waals surface area (Å²) in [6, 6.07) is 2.92. The van der Waals surface area contributed by atoms with Crippen molar-refractivity contribution < 1.29 is 0 Å². The van der Waals surface area contributed by atoms with Gasteiger partial charge in [0, 0.05) is 35.3 Å². The van der Waals surface area contributed by atoms with Crippen LogP contribution in [0.5, 0.6) is 0 Å². The Hall–Kier alpha value is -1.88. The van der Waals surface area contributed by atoms with Crippen LogP contribution in [0.3, 0.4) is 0 Å². The van der Waals surface area contributed by atoms with Gasteiger partial charge in [-0.15, -0.1) is 0 Å². The predicted molar refractivity (Wildman–Crippen MR) is 93.5 cm³/mol. The number of nitrogens with two attached hydrogens (primary N) is 1. The van der Waals surface area contributed by atoms with Crippen LogP contribution < -0.4 is 11.1 Å². The van der Waals surface area contributed by atoms with E-state index in [2.05, 4.69) is 30.0 Å². The summed E-state index contributed by atoms with van der Waals surface area (Å²) in [5.41, 5.74) is 9.10. The third-order valence-corrected chi connectivity index (χ3v) is 5.36. The number of fused-ring (bicyclic) bond motifs is 1. The van der Waals surface area contributed by atoms with Crippen LogP contribution >= 0.6 is 0 Å². The van der Waals surface area contributed by atoms with Crippen molar-refractivity contribution >= 4 is 17.5 Å². The second-order valence-corrected chi connectivity index (χ2v) is 7.15. The minimum atomic E-state index is 0.316. The standard InChI is InChI=1S/C18H25N5/c1-3-12-10-20-23-17(21-15-7-6-14(19)8-15)9-16(22-18(12)23)11(2)13-4-5-13/h3,9-11,13-15,21H,1,4-8,19H2,2H3/t11?,14-,15-/m0/s1. The van der Waals surface area contributed by atoms with Gasteiger partial charge in [-0.3, -0.25) is 0 Å². The minimum absolute atomic E-state index is 0.316. The highest BCUT2D eigenvalue weighted by atomic mass is 15.3. The van der Waals surface area contributed by atoms with Crippen LogP contribution in [0, 0.1) is 5.92 Å². The van der Waals surface area contributed by atoms with Gasteiger partial charge in [-0.25, -0.2) is 4.98 Å². The lowest BCUT2D eigenvalue weighted by molar-refractivity contribution is 0.641. The lowest BCUT2D eigenvalue weighted by atomic mass is 10.0. The van der Waals surface area contributed by atoms with E-state index in [0.29, 0.717) is 18.0 Å². The molecule has 23 heavy (non-hydrogen) atoms. The van der Waals surface area contributed by atoms with Crippen LogP contribution in [0.4, 0.5) is 5.82 Å². The molecule has 0 bridgehead atoms. The van der Waals surface area contributed by atoms with E-state index in [1.54, 1.807) is 0 Å². The first-order valence-corrected chi connectivity index (χ1v) is 8.69. The molecule has 2 aliphatic rings. The number of hydrogen-bond acceptors (Lipinski definition) is 4. The second-order valence-electron chi connectivity index (χ2n) is 7.15. The highest BCUT2D eigenvalue weighted by Crippen LogP contribution is 2.42. The third-order valence-electron chi connectivity index (χ3n) is 5.36. The van der Waals surface area contributed by atoms with Gasteiger partial charge < -0.3 is 11.1 Å². The highest BCUT2D eigenvalue weighted by molar-refractivity contribution is 5.66. The van der Waals surface area contributed by atoms with Gasteiger partial charge in [0.05, 0.1) is 6.20 Å². The largest absolute Gasteiger partial charge is 0.367 e. The molecule has 2 aromatic rings. The maximum atomic E-state index is 6.06.